The molecule has 28 heavy (non-hydrogen) atoms. The molecule has 0 unspecified atom stereocenters. The Kier molecular flexibility index (Phi) is 26.7. The van der Waals surface area contributed by atoms with Crippen LogP contribution in [0.15, 0.2) is 0 Å². The van der Waals surface area contributed by atoms with Gasteiger partial charge in [-0.25, -0.2) is 0 Å². The highest BCUT2D eigenvalue weighted by atomic mass is 14.9. The van der Waals surface area contributed by atoms with Crippen molar-refractivity contribution in [2.45, 2.75) is 110 Å². The second kappa shape index (κ2) is 26.8. The number of unbranched alkanes of at least 4 members (excludes halogenated alkanes) is 12. The summed E-state index contributed by atoms with van der Waals surface area (Å²) >= 11 is 0. The van der Waals surface area contributed by atoms with Crippen molar-refractivity contribution in [3.63, 3.8) is 0 Å². The standard InChI is InChI=1S/C24H54N4/c1-2-3-4-5-6-7-8-9-10-12-19-26-21-14-16-23-28-24-17-15-22-27-20-13-11-18-25/h26-28H,2-25H2,1H3. The van der Waals surface area contributed by atoms with Gasteiger partial charge in [0.2, 0.25) is 0 Å². The van der Waals surface area contributed by atoms with Crippen molar-refractivity contribution in [3.8, 4) is 0 Å². The first-order chi connectivity index (χ1) is 13.9. The quantitative estimate of drug-likeness (QED) is 0.164. The van der Waals surface area contributed by atoms with Crippen LogP contribution in [0.4, 0.5) is 0 Å². The number of nitrogens with one attached hydrogen (secondary N) is 3. The average Bonchev–Trinajstić information content (AvgIpc) is 2.71. The van der Waals surface area contributed by atoms with Gasteiger partial charge in [-0.15, -0.1) is 0 Å². The highest BCUT2D eigenvalue weighted by Crippen LogP contribution is 2.10. The largest absolute Gasteiger partial charge is 0.330 e. The van der Waals surface area contributed by atoms with E-state index in [4.69, 9.17) is 5.73 Å². The van der Waals surface area contributed by atoms with Gasteiger partial charge in [0.1, 0.15) is 0 Å². The second-order valence-corrected chi connectivity index (χ2v) is 8.34. The topological polar surface area (TPSA) is 62.1 Å². The van der Waals surface area contributed by atoms with Gasteiger partial charge in [-0.3, -0.25) is 0 Å². The van der Waals surface area contributed by atoms with E-state index in [0.29, 0.717) is 0 Å². The zero-order valence-corrected chi connectivity index (χ0v) is 19.3. The molecular formula is C24H54N4. The molecule has 0 aromatic carbocycles. The molecule has 0 heterocycles. The van der Waals surface area contributed by atoms with Crippen molar-refractivity contribution in [1.29, 1.82) is 0 Å². The first-order valence-corrected chi connectivity index (χ1v) is 12.7. The molecule has 0 saturated heterocycles. The van der Waals surface area contributed by atoms with Gasteiger partial charge in [-0.1, -0.05) is 64.7 Å². The highest BCUT2D eigenvalue weighted by molar-refractivity contribution is 4.55. The fourth-order valence-electron chi connectivity index (χ4n) is 3.51. The van der Waals surface area contributed by atoms with Crippen molar-refractivity contribution in [1.82, 2.24) is 16.0 Å². The highest BCUT2D eigenvalue weighted by Gasteiger charge is 1.94. The van der Waals surface area contributed by atoms with Crippen LogP contribution in [0.3, 0.4) is 0 Å². The summed E-state index contributed by atoms with van der Waals surface area (Å²) in [4.78, 5) is 0. The molecule has 0 rings (SSSR count). The molecule has 0 atom stereocenters. The molecule has 0 aliphatic rings. The predicted octanol–water partition coefficient (Wildman–Crippen LogP) is 4.98. The van der Waals surface area contributed by atoms with Crippen LogP contribution >= 0.6 is 0 Å². The SMILES string of the molecule is CCCCCCCCCCCCNCCCCNCCCCNCCCCN. The van der Waals surface area contributed by atoms with Gasteiger partial charge in [0.05, 0.1) is 0 Å². The summed E-state index contributed by atoms with van der Waals surface area (Å²) in [5.74, 6) is 0. The fourth-order valence-corrected chi connectivity index (χ4v) is 3.51. The lowest BCUT2D eigenvalue weighted by atomic mass is 10.1. The monoisotopic (exact) mass is 398 g/mol. The Hall–Kier alpha value is -0.160. The number of hydrogen-bond acceptors (Lipinski definition) is 4. The third kappa shape index (κ3) is 25.8. The Morgan fingerprint density at radius 2 is 0.679 bits per heavy atom. The van der Waals surface area contributed by atoms with E-state index in [1.807, 2.05) is 0 Å². The zero-order valence-electron chi connectivity index (χ0n) is 19.3. The van der Waals surface area contributed by atoms with Crippen LogP contribution in [0.2, 0.25) is 0 Å². The first-order valence-electron chi connectivity index (χ1n) is 12.7. The predicted molar refractivity (Wildman–Crippen MR) is 127 cm³/mol. The summed E-state index contributed by atoms with van der Waals surface area (Å²) in [6, 6.07) is 0. The summed E-state index contributed by atoms with van der Waals surface area (Å²) in [6.45, 7) is 10.1. The third-order valence-electron chi connectivity index (χ3n) is 5.43. The van der Waals surface area contributed by atoms with Crippen LogP contribution in [0.5, 0.6) is 0 Å². The summed E-state index contributed by atoms with van der Waals surface area (Å²) < 4.78 is 0. The van der Waals surface area contributed by atoms with Gasteiger partial charge in [-0.05, 0) is 90.8 Å². The Labute approximate surface area is 177 Å². The summed E-state index contributed by atoms with van der Waals surface area (Å²) in [6.07, 6.45) is 21.7. The lowest BCUT2D eigenvalue weighted by Crippen LogP contribution is -2.22. The van der Waals surface area contributed by atoms with Crippen molar-refractivity contribution in [2.24, 2.45) is 5.73 Å². The number of rotatable bonds is 25. The van der Waals surface area contributed by atoms with Crippen molar-refractivity contribution < 1.29 is 0 Å². The van der Waals surface area contributed by atoms with Gasteiger partial charge in [0.25, 0.3) is 0 Å². The van der Waals surface area contributed by atoms with Crippen LogP contribution in [0.25, 0.3) is 0 Å². The van der Waals surface area contributed by atoms with Gasteiger partial charge < -0.3 is 21.7 Å². The zero-order chi connectivity index (χ0) is 20.4. The van der Waals surface area contributed by atoms with Crippen LogP contribution in [0.1, 0.15) is 110 Å². The second-order valence-electron chi connectivity index (χ2n) is 8.34. The molecule has 0 aromatic heterocycles. The molecule has 0 aliphatic heterocycles. The van der Waals surface area contributed by atoms with E-state index < -0.39 is 0 Å². The number of hydrogen-bond donors (Lipinski definition) is 4. The normalized spacial score (nSPS) is 11.4. The van der Waals surface area contributed by atoms with E-state index in [0.717, 1.165) is 32.6 Å². The Morgan fingerprint density at radius 3 is 1.04 bits per heavy atom. The van der Waals surface area contributed by atoms with E-state index in [9.17, 15) is 0 Å². The first kappa shape index (κ1) is 27.8. The molecule has 0 fully saturated rings. The Bertz CT molecular complexity index is 235. The molecule has 0 amide bonds. The lowest BCUT2D eigenvalue weighted by molar-refractivity contribution is 0.529. The van der Waals surface area contributed by atoms with Crippen molar-refractivity contribution >= 4 is 0 Å². The van der Waals surface area contributed by atoms with Gasteiger partial charge >= 0.3 is 0 Å². The third-order valence-corrected chi connectivity index (χ3v) is 5.43. The molecule has 4 heteroatoms. The maximum absolute atomic E-state index is 5.48. The smallest absolute Gasteiger partial charge is 0.00484 e. The van der Waals surface area contributed by atoms with E-state index in [1.165, 1.54) is 116 Å². The summed E-state index contributed by atoms with van der Waals surface area (Å²) in [5.41, 5.74) is 5.48. The van der Waals surface area contributed by atoms with Gasteiger partial charge in [-0.2, -0.15) is 0 Å². The molecule has 0 radical (unpaired) electrons. The molecule has 0 aliphatic carbocycles. The maximum Gasteiger partial charge on any atom is -0.00484 e. The van der Waals surface area contributed by atoms with Crippen LogP contribution in [0, 0.1) is 0 Å². The maximum atomic E-state index is 5.48. The van der Waals surface area contributed by atoms with Crippen LogP contribution < -0.4 is 21.7 Å². The molecule has 0 bridgehead atoms. The van der Waals surface area contributed by atoms with Crippen molar-refractivity contribution in [3.05, 3.63) is 0 Å². The van der Waals surface area contributed by atoms with Crippen LogP contribution in [-0.4, -0.2) is 45.8 Å². The molecule has 0 aromatic rings. The minimum atomic E-state index is 0.820. The van der Waals surface area contributed by atoms with E-state index >= 15 is 0 Å². The van der Waals surface area contributed by atoms with E-state index in [1.54, 1.807) is 0 Å². The number of nitrogens with two attached hydrogens (primary N) is 1. The summed E-state index contributed by atoms with van der Waals surface area (Å²) in [5, 5.41) is 10.7. The van der Waals surface area contributed by atoms with Crippen molar-refractivity contribution in [2.75, 3.05) is 45.8 Å². The van der Waals surface area contributed by atoms with Crippen LogP contribution in [-0.2, 0) is 0 Å². The van der Waals surface area contributed by atoms with E-state index in [-0.39, 0.29) is 0 Å². The Morgan fingerprint density at radius 1 is 0.393 bits per heavy atom. The molecule has 170 valence electrons. The molecule has 4 nitrogen and oxygen atoms in total. The summed E-state index contributed by atoms with van der Waals surface area (Å²) in [7, 11) is 0. The van der Waals surface area contributed by atoms with E-state index in [2.05, 4.69) is 22.9 Å². The fraction of sp³-hybridized carbons (Fsp3) is 1.00. The minimum Gasteiger partial charge on any atom is -0.330 e. The average molecular weight is 399 g/mol. The lowest BCUT2D eigenvalue weighted by Gasteiger charge is -2.07. The minimum absolute atomic E-state index is 0.820. The van der Waals surface area contributed by atoms with Gasteiger partial charge in [0.15, 0.2) is 0 Å². The molecule has 5 N–H and O–H groups in total. The molecule has 0 saturated carbocycles. The Balaban J connectivity index is 2.96. The molecular weight excluding hydrogens is 344 g/mol. The van der Waals surface area contributed by atoms with Gasteiger partial charge in [0, 0.05) is 0 Å². The molecule has 0 spiro atoms.